The van der Waals surface area contributed by atoms with Gasteiger partial charge in [0.25, 0.3) is 17.9 Å². The summed E-state index contributed by atoms with van der Waals surface area (Å²) < 4.78 is 36.1. The van der Waals surface area contributed by atoms with Crippen LogP contribution in [0.25, 0.3) is 0 Å². The molecule has 3 aromatic heterocycles. The molecular weight excluding hydrogens is 795 g/mol. The van der Waals surface area contributed by atoms with Gasteiger partial charge in [-0.15, -0.1) is 34.0 Å². The van der Waals surface area contributed by atoms with Crippen LogP contribution in [0.4, 0.5) is 0 Å². The van der Waals surface area contributed by atoms with Gasteiger partial charge in [-0.2, -0.15) is 0 Å². The van der Waals surface area contributed by atoms with Crippen LogP contribution < -0.4 is 16.0 Å². The fourth-order valence-electron chi connectivity index (χ4n) is 7.34. The molecule has 21 heteroatoms. The standard InChI is InChI=1S/C36H42B3N3O12S3/c43-31(19-25-4-1-13-55-25)40-28-10-7-22-16-35(47)53-38(50-22)30(42-33(45)21-27-6-3-15-57-27)12-9-24-18-36(48)54-39(51-24)29(41-32(44)20-26-5-2-14-56-26)11-8-23-17-34(46)52-37(28)49-23/h1-6,13-15,22-24,28-30H,7-12,16-21H2,(H,40,43)(H,41,44)(H,42,45)/t22-,23-,24?,28-,29-,30-/m0/s1. The average Bonchev–Trinajstić information content (AvgIpc) is 3.98. The number of hydrogen-bond donors (Lipinski definition) is 3. The lowest BCUT2D eigenvalue weighted by molar-refractivity contribution is -0.143. The molecule has 1 unspecified atom stereocenters. The number of nitrogens with one attached hydrogen (secondary N) is 3. The van der Waals surface area contributed by atoms with Gasteiger partial charge in [-0.25, -0.2) is 0 Å². The van der Waals surface area contributed by atoms with Crippen LogP contribution in [0, 0.1) is 0 Å². The lowest BCUT2D eigenvalue weighted by atomic mass is 9.70. The van der Waals surface area contributed by atoms with Crippen molar-refractivity contribution in [3.05, 3.63) is 67.2 Å². The van der Waals surface area contributed by atoms with E-state index in [1.807, 2.05) is 52.5 Å². The predicted octanol–water partition coefficient (Wildman–Crippen LogP) is 2.79. The normalized spacial score (nSPS) is 25.9. The zero-order chi connectivity index (χ0) is 39.7. The third-order valence-corrected chi connectivity index (χ3v) is 12.7. The maximum atomic E-state index is 13.3. The van der Waals surface area contributed by atoms with Gasteiger partial charge in [0.2, 0.25) is 17.7 Å². The van der Waals surface area contributed by atoms with E-state index in [2.05, 4.69) is 16.0 Å². The van der Waals surface area contributed by atoms with E-state index in [1.165, 1.54) is 34.0 Å². The van der Waals surface area contributed by atoms with Gasteiger partial charge in [-0.3, -0.25) is 28.8 Å². The van der Waals surface area contributed by atoms with Crippen molar-refractivity contribution in [1.29, 1.82) is 0 Å². The van der Waals surface area contributed by atoms with Crippen LogP contribution in [0.3, 0.4) is 0 Å². The van der Waals surface area contributed by atoms with Crippen LogP contribution in [0.2, 0.25) is 0 Å². The maximum absolute atomic E-state index is 13.3. The second-order valence-electron chi connectivity index (χ2n) is 14.5. The Balaban J connectivity index is 1.15. The van der Waals surface area contributed by atoms with Crippen LogP contribution >= 0.6 is 34.0 Å². The molecule has 6 bridgehead atoms. The number of hydrogen-bond acceptors (Lipinski definition) is 15. The van der Waals surface area contributed by atoms with Crippen molar-refractivity contribution < 1.29 is 56.7 Å². The number of carbonyl (C=O) groups excluding carboxylic acids is 6. The SMILES string of the molecule is O=C(Cc1cccs1)N[C@H]1CC[C@H]2CC(=O)OB(O2)[C@@H](NC(=O)Cc2cccs2)CC[C@H]2CC(=O)OB(O2)[C@@H](NC(=O)Cc2cccs2)CCC2CC(=O)OB1O2. The number of rotatable bonds is 9. The lowest BCUT2D eigenvalue weighted by Crippen LogP contribution is -2.57. The molecule has 0 spiro atoms. The van der Waals surface area contributed by atoms with Gasteiger partial charge in [0, 0.05) is 14.6 Å². The Morgan fingerprint density at radius 2 is 0.807 bits per heavy atom. The van der Waals surface area contributed by atoms with Gasteiger partial charge in [0.15, 0.2) is 0 Å². The summed E-state index contributed by atoms with van der Waals surface area (Å²) in [5.74, 6) is -4.93. The Morgan fingerprint density at radius 1 is 0.509 bits per heavy atom. The summed E-state index contributed by atoms with van der Waals surface area (Å²) in [7, 11) is -3.51. The first-order valence-electron chi connectivity index (χ1n) is 19.1. The summed E-state index contributed by atoms with van der Waals surface area (Å²) in [6.07, 6.45) is -0.482. The first-order valence-corrected chi connectivity index (χ1v) is 21.8. The number of fused-ring (bicyclic) bond motifs is 6. The third-order valence-electron chi connectivity index (χ3n) is 10.1. The molecule has 4 saturated heterocycles. The molecule has 15 nitrogen and oxygen atoms in total. The van der Waals surface area contributed by atoms with E-state index < -0.39 is 75.4 Å². The van der Waals surface area contributed by atoms with E-state index >= 15 is 0 Å². The van der Waals surface area contributed by atoms with Crippen LogP contribution in [-0.2, 0) is 76.0 Å². The summed E-state index contributed by atoms with van der Waals surface area (Å²) in [5, 5.41) is 14.6. The predicted molar refractivity (Wildman–Crippen MR) is 212 cm³/mol. The minimum absolute atomic E-state index is 0.0744. The van der Waals surface area contributed by atoms with E-state index in [1.54, 1.807) is 0 Å². The molecular formula is C36H42B3N3O12S3. The van der Waals surface area contributed by atoms with Gasteiger partial charge in [-0.1, -0.05) is 18.2 Å². The topological polar surface area (TPSA) is 194 Å². The number of amides is 3. The second-order valence-corrected chi connectivity index (χ2v) is 17.6. The summed E-state index contributed by atoms with van der Waals surface area (Å²) in [5.41, 5.74) is 0. The molecule has 3 N–H and O–H groups in total. The van der Waals surface area contributed by atoms with E-state index in [4.69, 9.17) is 27.9 Å². The molecule has 4 fully saturated rings. The summed E-state index contributed by atoms with van der Waals surface area (Å²) in [6, 6.07) is 11.1. The summed E-state index contributed by atoms with van der Waals surface area (Å²) in [4.78, 5) is 81.8. The molecule has 3 amide bonds. The molecule has 4 aliphatic rings. The molecule has 7 heterocycles. The number of thiophene rings is 3. The molecule has 0 radical (unpaired) electrons. The van der Waals surface area contributed by atoms with Crippen LogP contribution in [0.15, 0.2) is 52.5 Å². The van der Waals surface area contributed by atoms with E-state index in [0.717, 1.165) is 14.6 Å². The highest BCUT2D eigenvalue weighted by Gasteiger charge is 2.47. The van der Waals surface area contributed by atoms with Gasteiger partial charge in [0.05, 0.1) is 74.7 Å². The van der Waals surface area contributed by atoms with Crippen molar-refractivity contribution in [3.63, 3.8) is 0 Å². The highest BCUT2D eigenvalue weighted by atomic mass is 32.1. The second kappa shape index (κ2) is 19.6. The Morgan fingerprint density at radius 3 is 1.07 bits per heavy atom. The molecule has 0 saturated carbocycles. The van der Waals surface area contributed by atoms with Crippen LogP contribution in [-0.4, -0.2) is 93.1 Å². The summed E-state index contributed by atoms with van der Waals surface area (Å²) in [6.45, 7) is 0. The Bertz CT molecular complexity index is 1640. The Hall–Kier alpha value is -4.01. The Labute approximate surface area is 342 Å². The van der Waals surface area contributed by atoms with Crippen LogP contribution in [0.1, 0.15) is 72.4 Å². The van der Waals surface area contributed by atoms with Gasteiger partial charge in [-0.05, 0) is 72.9 Å². The van der Waals surface area contributed by atoms with Crippen molar-refractivity contribution in [1.82, 2.24) is 16.0 Å². The first-order chi connectivity index (χ1) is 27.6. The van der Waals surface area contributed by atoms with E-state index in [9.17, 15) is 28.8 Å². The zero-order valence-corrected chi connectivity index (χ0v) is 33.5. The highest BCUT2D eigenvalue weighted by Crippen LogP contribution is 2.28. The quantitative estimate of drug-likeness (QED) is 0.268. The fraction of sp³-hybridized carbons (Fsp3) is 0.500. The van der Waals surface area contributed by atoms with Crippen LogP contribution in [0.5, 0.6) is 0 Å². The van der Waals surface area contributed by atoms with Gasteiger partial charge < -0.3 is 43.9 Å². The van der Waals surface area contributed by atoms with Crippen molar-refractivity contribution in [2.24, 2.45) is 0 Å². The third kappa shape index (κ3) is 12.0. The highest BCUT2D eigenvalue weighted by molar-refractivity contribution is 7.10. The molecule has 7 rings (SSSR count). The molecule has 6 atom stereocenters. The average molecular weight is 837 g/mol. The molecule has 57 heavy (non-hydrogen) atoms. The van der Waals surface area contributed by atoms with Crippen molar-refractivity contribution in [2.75, 3.05) is 0 Å². The smallest absolute Gasteiger partial charge is 0.508 e. The minimum atomic E-state index is -1.17. The van der Waals surface area contributed by atoms with Crippen molar-refractivity contribution in [2.45, 2.75) is 113 Å². The van der Waals surface area contributed by atoms with E-state index in [-0.39, 0.29) is 94.8 Å². The molecule has 3 aromatic rings. The molecule has 0 aromatic carbocycles. The number of carbonyl (C=O) groups is 6. The molecule has 4 aliphatic heterocycles. The lowest BCUT2D eigenvalue weighted by Gasteiger charge is -2.36. The molecule has 300 valence electrons. The molecule has 0 aliphatic carbocycles. The maximum Gasteiger partial charge on any atom is 0.551 e. The van der Waals surface area contributed by atoms with Crippen molar-refractivity contribution in [3.8, 4) is 0 Å². The minimum Gasteiger partial charge on any atom is -0.508 e. The van der Waals surface area contributed by atoms with Gasteiger partial charge in [0.1, 0.15) is 0 Å². The summed E-state index contributed by atoms with van der Waals surface area (Å²) >= 11 is 4.32. The van der Waals surface area contributed by atoms with Gasteiger partial charge >= 0.3 is 21.4 Å². The van der Waals surface area contributed by atoms with Crippen molar-refractivity contribution >= 4 is 91.0 Å². The first kappa shape index (κ1) is 41.2. The largest absolute Gasteiger partial charge is 0.551 e. The Kier molecular flexibility index (Phi) is 14.2. The zero-order valence-electron chi connectivity index (χ0n) is 31.0. The van der Waals surface area contributed by atoms with E-state index in [0.29, 0.717) is 0 Å². The monoisotopic (exact) mass is 837 g/mol. The fourth-order valence-corrected chi connectivity index (χ4v) is 9.45.